The lowest BCUT2D eigenvalue weighted by atomic mass is 9.86. The highest BCUT2D eigenvalue weighted by Crippen LogP contribution is 2.23. The standard InChI is InChI=1S/C18H24N2/c1-13-11-15(9-10-20-13)17(19)12-14-5-7-16(8-6-14)18(2,3)4/h5-11,17H,12,19H2,1-4H3. The molecular formula is C18H24N2. The fraction of sp³-hybridized carbons (Fsp3) is 0.389. The highest BCUT2D eigenvalue weighted by atomic mass is 14.7. The average molecular weight is 268 g/mol. The Morgan fingerprint density at radius 2 is 1.75 bits per heavy atom. The van der Waals surface area contributed by atoms with E-state index >= 15 is 0 Å². The molecule has 106 valence electrons. The summed E-state index contributed by atoms with van der Waals surface area (Å²) >= 11 is 0. The van der Waals surface area contributed by atoms with E-state index in [1.807, 2.05) is 19.2 Å². The number of pyridine rings is 1. The molecule has 0 saturated carbocycles. The van der Waals surface area contributed by atoms with Gasteiger partial charge >= 0.3 is 0 Å². The van der Waals surface area contributed by atoms with Crippen LogP contribution in [0.5, 0.6) is 0 Å². The average Bonchev–Trinajstić information content (AvgIpc) is 2.38. The first-order chi connectivity index (χ1) is 9.36. The summed E-state index contributed by atoms with van der Waals surface area (Å²) in [6.07, 6.45) is 2.68. The maximum absolute atomic E-state index is 6.29. The molecule has 20 heavy (non-hydrogen) atoms. The fourth-order valence-electron chi connectivity index (χ4n) is 2.31. The molecule has 0 aliphatic carbocycles. The molecule has 0 aliphatic heterocycles. The summed E-state index contributed by atoms with van der Waals surface area (Å²) in [5.41, 5.74) is 11.3. The summed E-state index contributed by atoms with van der Waals surface area (Å²) in [6, 6.07) is 12.9. The van der Waals surface area contributed by atoms with Crippen molar-refractivity contribution >= 4 is 0 Å². The molecule has 2 nitrogen and oxygen atoms in total. The third-order valence-electron chi connectivity index (χ3n) is 3.62. The van der Waals surface area contributed by atoms with Crippen molar-refractivity contribution in [2.24, 2.45) is 5.73 Å². The van der Waals surface area contributed by atoms with Crippen LogP contribution in [0, 0.1) is 6.92 Å². The number of benzene rings is 1. The summed E-state index contributed by atoms with van der Waals surface area (Å²) in [7, 11) is 0. The van der Waals surface area contributed by atoms with E-state index in [1.54, 1.807) is 0 Å². The summed E-state index contributed by atoms with van der Waals surface area (Å²) in [5, 5.41) is 0. The van der Waals surface area contributed by atoms with Crippen molar-refractivity contribution in [2.75, 3.05) is 0 Å². The molecule has 1 aromatic carbocycles. The van der Waals surface area contributed by atoms with Crippen LogP contribution in [-0.2, 0) is 11.8 Å². The molecule has 1 heterocycles. The van der Waals surface area contributed by atoms with E-state index in [4.69, 9.17) is 5.73 Å². The zero-order chi connectivity index (χ0) is 14.8. The second-order valence-corrected chi connectivity index (χ2v) is 6.49. The molecule has 0 fully saturated rings. The smallest absolute Gasteiger partial charge is 0.0375 e. The molecule has 0 amide bonds. The first-order valence-corrected chi connectivity index (χ1v) is 7.14. The van der Waals surface area contributed by atoms with Gasteiger partial charge < -0.3 is 5.73 Å². The molecule has 2 heteroatoms. The van der Waals surface area contributed by atoms with Gasteiger partial charge in [-0.05, 0) is 47.6 Å². The lowest BCUT2D eigenvalue weighted by Gasteiger charge is -2.19. The molecule has 1 aromatic heterocycles. The van der Waals surface area contributed by atoms with Crippen molar-refractivity contribution in [3.63, 3.8) is 0 Å². The van der Waals surface area contributed by atoms with Gasteiger partial charge in [-0.1, -0.05) is 45.0 Å². The number of hydrogen-bond acceptors (Lipinski definition) is 2. The van der Waals surface area contributed by atoms with E-state index in [1.165, 1.54) is 11.1 Å². The molecular weight excluding hydrogens is 244 g/mol. The lowest BCUT2D eigenvalue weighted by molar-refractivity contribution is 0.589. The van der Waals surface area contributed by atoms with Gasteiger partial charge in [-0.3, -0.25) is 4.98 Å². The van der Waals surface area contributed by atoms with E-state index in [9.17, 15) is 0 Å². The van der Waals surface area contributed by atoms with E-state index in [0.29, 0.717) is 0 Å². The minimum atomic E-state index is 0.0252. The molecule has 1 unspecified atom stereocenters. The summed E-state index contributed by atoms with van der Waals surface area (Å²) in [6.45, 7) is 8.68. The lowest BCUT2D eigenvalue weighted by Crippen LogP contribution is -2.14. The van der Waals surface area contributed by atoms with E-state index < -0.39 is 0 Å². The number of aryl methyl sites for hydroxylation is 1. The monoisotopic (exact) mass is 268 g/mol. The minimum Gasteiger partial charge on any atom is -0.324 e. The summed E-state index contributed by atoms with van der Waals surface area (Å²) < 4.78 is 0. The highest BCUT2D eigenvalue weighted by molar-refractivity contribution is 5.29. The maximum atomic E-state index is 6.29. The van der Waals surface area contributed by atoms with E-state index in [-0.39, 0.29) is 11.5 Å². The van der Waals surface area contributed by atoms with Crippen LogP contribution in [0.25, 0.3) is 0 Å². The van der Waals surface area contributed by atoms with Crippen molar-refractivity contribution in [3.8, 4) is 0 Å². The normalized spacial score (nSPS) is 13.2. The molecule has 0 spiro atoms. The quantitative estimate of drug-likeness (QED) is 0.916. The molecule has 0 bridgehead atoms. The zero-order valence-corrected chi connectivity index (χ0v) is 12.9. The van der Waals surface area contributed by atoms with Crippen LogP contribution in [0.4, 0.5) is 0 Å². The first kappa shape index (κ1) is 14.7. The Balaban J connectivity index is 2.10. The van der Waals surface area contributed by atoms with Gasteiger partial charge in [0.05, 0.1) is 0 Å². The van der Waals surface area contributed by atoms with Gasteiger partial charge in [-0.25, -0.2) is 0 Å². The maximum Gasteiger partial charge on any atom is 0.0375 e. The second kappa shape index (κ2) is 5.76. The van der Waals surface area contributed by atoms with Crippen molar-refractivity contribution in [3.05, 3.63) is 65.0 Å². The topological polar surface area (TPSA) is 38.9 Å². The number of rotatable bonds is 3. The van der Waals surface area contributed by atoms with Gasteiger partial charge in [0, 0.05) is 17.9 Å². The Hall–Kier alpha value is -1.67. The van der Waals surface area contributed by atoms with E-state index in [0.717, 1.165) is 17.7 Å². The van der Waals surface area contributed by atoms with Crippen LogP contribution < -0.4 is 5.73 Å². The van der Waals surface area contributed by atoms with Gasteiger partial charge in [-0.2, -0.15) is 0 Å². The highest BCUT2D eigenvalue weighted by Gasteiger charge is 2.13. The Morgan fingerprint density at radius 3 is 2.30 bits per heavy atom. The molecule has 0 aliphatic rings. The van der Waals surface area contributed by atoms with Gasteiger partial charge in [-0.15, -0.1) is 0 Å². The largest absolute Gasteiger partial charge is 0.324 e. The van der Waals surface area contributed by atoms with Crippen LogP contribution in [0.15, 0.2) is 42.6 Å². The molecule has 2 aromatic rings. The third kappa shape index (κ3) is 3.67. The van der Waals surface area contributed by atoms with Crippen molar-refractivity contribution in [2.45, 2.75) is 45.6 Å². The predicted octanol–water partition coefficient (Wildman–Crippen LogP) is 3.93. The number of hydrogen-bond donors (Lipinski definition) is 1. The molecule has 2 rings (SSSR count). The second-order valence-electron chi connectivity index (χ2n) is 6.49. The zero-order valence-electron chi connectivity index (χ0n) is 12.9. The van der Waals surface area contributed by atoms with Crippen LogP contribution in [0.1, 0.15) is 49.2 Å². The minimum absolute atomic E-state index is 0.0252. The summed E-state index contributed by atoms with van der Waals surface area (Å²) in [5.74, 6) is 0. The first-order valence-electron chi connectivity index (χ1n) is 7.14. The van der Waals surface area contributed by atoms with Crippen LogP contribution in [0.2, 0.25) is 0 Å². The van der Waals surface area contributed by atoms with Crippen LogP contribution >= 0.6 is 0 Å². The third-order valence-corrected chi connectivity index (χ3v) is 3.62. The van der Waals surface area contributed by atoms with E-state index in [2.05, 4.69) is 56.1 Å². The Bertz CT molecular complexity index is 565. The molecule has 0 radical (unpaired) electrons. The predicted molar refractivity (Wildman–Crippen MR) is 84.7 cm³/mol. The van der Waals surface area contributed by atoms with Crippen molar-refractivity contribution in [1.82, 2.24) is 4.98 Å². The Kier molecular flexibility index (Phi) is 4.24. The van der Waals surface area contributed by atoms with Gasteiger partial charge in [0.15, 0.2) is 0 Å². The molecule has 1 atom stereocenters. The molecule has 2 N–H and O–H groups in total. The number of nitrogens with two attached hydrogens (primary N) is 1. The Morgan fingerprint density at radius 1 is 1.10 bits per heavy atom. The fourth-order valence-corrected chi connectivity index (χ4v) is 2.31. The summed E-state index contributed by atoms with van der Waals surface area (Å²) in [4.78, 5) is 4.21. The van der Waals surface area contributed by atoms with Gasteiger partial charge in [0.2, 0.25) is 0 Å². The van der Waals surface area contributed by atoms with Gasteiger partial charge in [0.25, 0.3) is 0 Å². The van der Waals surface area contributed by atoms with Crippen LogP contribution in [0.3, 0.4) is 0 Å². The number of aromatic nitrogens is 1. The number of nitrogens with zero attached hydrogens (tertiary/aromatic N) is 1. The van der Waals surface area contributed by atoms with Crippen molar-refractivity contribution in [1.29, 1.82) is 0 Å². The van der Waals surface area contributed by atoms with Gasteiger partial charge in [0.1, 0.15) is 0 Å². The Labute approximate surface area is 122 Å². The SMILES string of the molecule is Cc1cc(C(N)Cc2ccc(C(C)(C)C)cc2)ccn1. The van der Waals surface area contributed by atoms with Crippen LogP contribution in [-0.4, -0.2) is 4.98 Å². The molecule has 0 saturated heterocycles. The van der Waals surface area contributed by atoms with Crippen molar-refractivity contribution < 1.29 is 0 Å².